The van der Waals surface area contributed by atoms with Gasteiger partial charge in [-0.15, -0.1) is 0 Å². The molecule has 3 heterocycles. The van der Waals surface area contributed by atoms with Gasteiger partial charge in [-0.25, -0.2) is 0 Å². The van der Waals surface area contributed by atoms with Crippen molar-refractivity contribution in [2.75, 3.05) is 44.7 Å². The number of hydrogen-bond acceptors (Lipinski definition) is 7. The standard InChI is InChI=1S/C32H37ClN6O2/c1-4-28(40)39-16-15-38(19-22(39)11-13-34)30-24-10-12-32(17-21(2)29-25(32)8-5-9-26(29)33)18-27(24)35-31(36-30)41-20-23-7-6-14-37(23)3/h4-5,8-9,17,22-23H,1,6-7,10-12,14-16,18-20H2,2-3H3/t22-,23-,32-/m0/s1. The molecule has 0 N–H and O–H groups in total. The molecule has 4 aliphatic rings. The number of likely N-dealkylation sites (N-methyl/N-ethyl adjacent to an activating group) is 1. The van der Waals surface area contributed by atoms with Crippen molar-refractivity contribution in [1.82, 2.24) is 19.8 Å². The summed E-state index contributed by atoms with van der Waals surface area (Å²) in [6, 6.07) is 9.01. The third-order valence-corrected chi connectivity index (χ3v) is 9.75. The van der Waals surface area contributed by atoms with Crippen LogP contribution in [0.15, 0.2) is 36.9 Å². The van der Waals surface area contributed by atoms with Crippen molar-refractivity contribution >= 4 is 28.9 Å². The highest BCUT2D eigenvalue weighted by atomic mass is 35.5. The second-order valence-electron chi connectivity index (χ2n) is 11.9. The molecule has 9 heteroatoms. The highest BCUT2D eigenvalue weighted by Gasteiger charge is 2.43. The molecular formula is C32H37ClN6O2. The lowest BCUT2D eigenvalue weighted by Crippen LogP contribution is -2.55. The van der Waals surface area contributed by atoms with E-state index >= 15 is 0 Å². The maximum absolute atomic E-state index is 12.5. The number of anilines is 1. The van der Waals surface area contributed by atoms with Gasteiger partial charge in [0.25, 0.3) is 0 Å². The largest absolute Gasteiger partial charge is 0.462 e. The lowest BCUT2D eigenvalue weighted by molar-refractivity contribution is -0.128. The minimum atomic E-state index is -0.231. The first-order chi connectivity index (χ1) is 19.8. The van der Waals surface area contributed by atoms with Gasteiger partial charge in [0.1, 0.15) is 12.4 Å². The Morgan fingerprint density at radius 2 is 2.15 bits per heavy atom. The number of rotatable bonds is 6. The Hall–Kier alpha value is -3.41. The Balaban J connectivity index is 1.36. The molecule has 1 aromatic heterocycles. The number of aromatic nitrogens is 2. The van der Waals surface area contributed by atoms with E-state index in [2.05, 4.69) is 48.6 Å². The van der Waals surface area contributed by atoms with Gasteiger partial charge >= 0.3 is 6.01 Å². The molecule has 2 aliphatic heterocycles. The molecule has 0 saturated carbocycles. The number of fused-ring (bicyclic) bond motifs is 3. The zero-order valence-electron chi connectivity index (χ0n) is 23.9. The Kier molecular flexibility index (Phi) is 7.52. The van der Waals surface area contributed by atoms with Crippen LogP contribution in [-0.4, -0.2) is 77.6 Å². The SMILES string of the molecule is C=CC(=O)N1CCN(c2nc(OC[C@@H]3CCCN3C)nc3c2CC[C@]2(C=C(C)c4c(Cl)cccc42)C3)C[C@@H]1CC#N. The zero-order chi connectivity index (χ0) is 28.7. The predicted molar refractivity (Wildman–Crippen MR) is 160 cm³/mol. The average Bonchev–Trinajstić information content (AvgIpc) is 3.51. The summed E-state index contributed by atoms with van der Waals surface area (Å²) in [5, 5.41) is 10.3. The number of amides is 1. The number of hydrogen-bond donors (Lipinski definition) is 0. The van der Waals surface area contributed by atoms with Crippen LogP contribution < -0.4 is 9.64 Å². The maximum Gasteiger partial charge on any atom is 0.318 e. The molecule has 6 rings (SSSR count). The number of piperazine rings is 1. The minimum absolute atomic E-state index is 0.137. The van der Waals surface area contributed by atoms with Crippen LogP contribution in [0.1, 0.15) is 55.0 Å². The molecule has 0 bridgehead atoms. The van der Waals surface area contributed by atoms with Gasteiger partial charge < -0.3 is 19.4 Å². The number of carbonyl (C=O) groups excluding carboxylic acids is 1. The number of nitrogens with zero attached hydrogens (tertiary/aromatic N) is 6. The van der Waals surface area contributed by atoms with Crippen LogP contribution >= 0.6 is 11.6 Å². The van der Waals surface area contributed by atoms with Gasteiger partial charge in [0.15, 0.2) is 0 Å². The molecule has 1 amide bonds. The van der Waals surface area contributed by atoms with E-state index in [0.29, 0.717) is 38.3 Å². The predicted octanol–water partition coefficient (Wildman–Crippen LogP) is 4.56. The molecule has 214 valence electrons. The summed E-state index contributed by atoms with van der Waals surface area (Å²) in [6.45, 7) is 9.10. The smallest absolute Gasteiger partial charge is 0.318 e. The summed E-state index contributed by atoms with van der Waals surface area (Å²) in [4.78, 5) is 28.9. The van der Waals surface area contributed by atoms with Crippen LogP contribution in [0.2, 0.25) is 5.02 Å². The molecule has 41 heavy (non-hydrogen) atoms. The highest BCUT2D eigenvalue weighted by molar-refractivity contribution is 6.32. The van der Waals surface area contributed by atoms with E-state index in [1.54, 1.807) is 4.90 Å². The van der Waals surface area contributed by atoms with Gasteiger partial charge in [0.2, 0.25) is 5.91 Å². The topological polar surface area (TPSA) is 85.6 Å². The molecular weight excluding hydrogens is 536 g/mol. The van der Waals surface area contributed by atoms with E-state index in [1.165, 1.54) is 23.6 Å². The normalized spacial score (nSPS) is 25.5. The summed E-state index contributed by atoms with van der Waals surface area (Å²) < 4.78 is 6.31. The molecule has 2 saturated heterocycles. The summed E-state index contributed by atoms with van der Waals surface area (Å²) in [5.74, 6) is 0.736. The third kappa shape index (κ3) is 5.00. The van der Waals surface area contributed by atoms with Gasteiger partial charge in [-0.2, -0.15) is 15.2 Å². The minimum Gasteiger partial charge on any atom is -0.462 e. The van der Waals surface area contributed by atoms with Crippen molar-refractivity contribution < 1.29 is 9.53 Å². The molecule has 1 aromatic carbocycles. The van der Waals surface area contributed by atoms with E-state index in [9.17, 15) is 10.1 Å². The molecule has 8 nitrogen and oxygen atoms in total. The van der Waals surface area contributed by atoms with Crippen LogP contribution in [-0.2, 0) is 23.1 Å². The van der Waals surface area contributed by atoms with Gasteiger partial charge in [0, 0.05) is 48.1 Å². The van der Waals surface area contributed by atoms with Gasteiger partial charge in [-0.3, -0.25) is 4.79 Å². The van der Waals surface area contributed by atoms with E-state index in [0.717, 1.165) is 59.9 Å². The van der Waals surface area contributed by atoms with Crippen molar-refractivity contribution in [2.24, 2.45) is 0 Å². The number of ether oxygens (including phenoxy) is 1. The maximum atomic E-state index is 12.5. The summed E-state index contributed by atoms with van der Waals surface area (Å²) in [6.07, 6.45) is 8.75. The Labute approximate surface area is 247 Å². The van der Waals surface area contributed by atoms with Gasteiger partial charge in [-0.05, 0) is 75.0 Å². The molecule has 2 aromatic rings. The number of benzene rings is 1. The Morgan fingerprint density at radius 3 is 2.90 bits per heavy atom. The molecule has 2 fully saturated rings. The van der Waals surface area contributed by atoms with E-state index in [1.807, 2.05) is 12.1 Å². The number of nitriles is 1. The lowest BCUT2D eigenvalue weighted by atomic mass is 9.70. The lowest BCUT2D eigenvalue weighted by Gasteiger charge is -2.42. The molecule has 0 radical (unpaired) electrons. The fourth-order valence-electron chi connectivity index (χ4n) is 7.31. The van der Waals surface area contributed by atoms with E-state index < -0.39 is 0 Å². The first kappa shape index (κ1) is 27.7. The van der Waals surface area contributed by atoms with Crippen LogP contribution in [0, 0.1) is 11.3 Å². The quantitative estimate of drug-likeness (QED) is 0.469. The zero-order valence-corrected chi connectivity index (χ0v) is 24.7. The van der Waals surface area contributed by atoms with E-state index in [-0.39, 0.29) is 23.8 Å². The number of halogens is 1. The summed E-state index contributed by atoms with van der Waals surface area (Å²) in [5.41, 5.74) is 5.62. The summed E-state index contributed by atoms with van der Waals surface area (Å²) >= 11 is 6.66. The Bertz CT molecular complexity index is 1450. The van der Waals surface area contributed by atoms with Crippen LogP contribution in [0.25, 0.3) is 5.57 Å². The fraction of sp³-hybridized carbons (Fsp3) is 0.500. The third-order valence-electron chi connectivity index (χ3n) is 9.43. The fourth-order valence-corrected chi connectivity index (χ4v) is 7.64. The molecule has 3 atom stereocenters. The average molecular weight is 573 g/mol. The first-order valence-electron chi connectivity index (χ1n) is 14.6. The number of carbonyl (C=O) groups is 1. The molecule has 0 unspecified atom stereocenters. The van der Waals surface area contributed by atoms with Crippen molar-refractivity contribution in [2.45, 2.75) is 62.9 Å². The number of allylic oxidation sites excluding steroid dienone is 2. The summed E-state index contributed by atoms with van der Waals surface area (Å²) in [7, 11) is 2.14. The van der Waals surface area contributed by atoms with E-state index in [4.69, 9.17) is 26.3 Å². The first-order valence-corrected chi connectivity index (χ1v) is 15.0. The molecule has 2 aliphatic carbocycles. The van der Waals surface area contributed by atoms with Crippen molar-refractivity contribution in [3.63, 3.8) is 0 Å². The Morgan fingerprint density at radius 1 is 1.29 bits per heavy atom. The van der Waals surface area contributed by atoms with Gasteiger partial charge in [-0.1, -0.05) is 36.4 Å². The molecule has 1 spiro atoms. The monoisotopic (exact) mass is 572 g/mol. The van der Waals surface area contributed by atoms with Crippen LogP contribution in [0.3, 0.4) is 0 Å². The second-order valence-corrected chi connectivity index (χ2v) is 12.3. The van der Waals surface area contributed by atoms with Crippen LogP contribution in [0.4, 0.5) is 5.82 Å². The second kappa shape index (κ2) is 11.1. The van der Waals surface area contributed by atoms with Crippen LogP contribution in [0.5, 0.6) is 6.01 Å². The van der Waals surface area contributed by atoms with Crippen molar-refractivity contribution in [1.29, 1.82) is 5.26 Å². The van der Waals surface area contributed by atoms with Crippen molar-refractivity contribution in [3.8, 4) is 12.1 Å². The van der Waals surface area contributed by atoms with Crippen molar-refractivity contribution in [3.05, 3.63) is 64.3 Å². The number of likely N-dealkylation sites (tertiary alicyclic amines) is 1. The highest BCUT2D eigenvalue weighted by Crippen LogP contribution is 2.50. The van der Waals surface area contributed by atoms with Gasteiger partial charge in [0.05, 0.1) is 24.2 Å².